The zero-order valence-corrected chi connectivity index (χ0v) is 15.1. The third-order valence-electron chi connectivity index (χ3n) is 9.13. The Bertz CT molecular complexity index is 492. The van der Waals surface area contributed by atoms with Gasteiger partial charge >= 0.3 is 0 Å². The van der Waals surface area contributed by atoms with Crippen LogP contribution in [0.3, 0.4) is 0 Å². The Morgan fingerprint density at radius 2 is 1.64 bits per heavy atom. The van der Waals surface area contributed by atoms with Crippen molar-refractivity contribution in [3.05, 3.63) is 0 Å². The summed E-state index contributed by atoms with van der Waals surface area (Å²) >= 11 is 0. The summed E-state index contributed by atoms with van der Waals surface area (Å²) in [6, 6.07) is 0. The Labute approximate surface area is 136 Å². The number of carbonyl (C=O) groups excluding carboxylic acids is 1. The quantitative estimate of drug-likeness (QED) is 0.567. The highest BCUT2D eigenvalue weighted by Gasteiger charge is 2.61. The van der Waals surface area contributed by atoms with E-state index in [4.69, 9.17) is 0 Å². The first-order chi connectivity index (χ1) is 10.3. The van der Waals surface area contributed by atoms with Crippen molar-refractivity contribution in [1.82, 2.24) is 0 Å². The van der Waals surface area contributed by atoms with E-state index in [0.29, 0.717) is 22.5 Å². The van der Waals surface area contributed by atoms with Crippen LogP contribution in [0.4, 0.5) is 0 Å². The molecule has 22 heavy (non-hydrogen) atoms. The second-order valence-corrected chi connectivity index (χ2v) is 10.2. The highest BCUT2D eigenvalue weighted by molar-refractivity contribution is 5.85. The third-order valence-corrected chi connectivity index (χ3v) is 9.13. The van der Waals surface area contributed by atoms with E-state index in [1.54, 1.807) is 0 Å². The Hall–Kier alpha value is -0.330. The summed E-state index contributed by atoms with van der Waals surface area (Å²) in [4.78, 5) is 12.5. The molecule has 0 aromatic carbocycles. The molecule has 0 N–H and O–H groups in total. The molecule has 124 valence electrons. The number of carbonyl (C=O) groups is 1. The van der Waals surface area contributed by atoms with Gasteiger partial charge in [-0.05, 0) is 79.4 Å². The predicted octanol–water partition coefficient (Wildman–Crippen LogP) is 5.62. The summed E-state index contributed by atoms with van der Waals surface area (Å²) in [5.41, 5.74) is 1.02. The van der Waals surface area contributed by atoms with Crippen molar-refractivity contribution in [3.63, 3.8) is 0 Å². The standard InChI is InChI=1S/C21H34O/c1-19(2)17-8-7-14-15-6-5-11-20(15,3)12-9-16(14)21(17,4)13-10-18(19)22/h14-17H,5-13H2,1-4H3/t14-,15-,16-,17?,20-,21+/m0/s1. The van der Waals surface area contributed by atoms with Crippen LogP contribution in [0.1, 0.15) is 85.5 Å². The van der Waals surface area contributed by atoms with E-state index in [2.05, 4.69) is 27.7 Å². The molecule has 0 heterocycles. The fourth-order valence-electron chi connectivity index (χ4n) is 7.89. The van der Waals surface area contributed by atoms with E-state index < -0.39 is 0 Å². The van der Waals surface area contributed by atoms with Gasteiger partial charge in [0, 0.05) is 11.8 Å². The maximum atomic E-state index is 12.5. The van der Waals surface area contributed by atoms with Gasteiger partial charge in [-0.2, -0.15) is 0 Å². The van der Waals surface area contributed by atoms with Crippen molar-refractivity contribution >= 4 is 5.78 Å². The fraction of sp³-hybridized carbons (Fsp3) is 0.952. The normalized spacial score (nSPS) is 53.5. The van der Waals surface area contributed by atoms with Crippen molar-refractivity contribution in [2.24, 2.45) is 39.9 Å². The Kier molecular flexibility index (Phi) is 3.18. The smallest absolute Gasteiger partial charge is 0.138 e. The fourth-order valence-corrected chi connectivity index (χ4v) is 7.89. The van der Waals surface area contributed by atoms with Gasteiger partial charge in [-0.25, -0.2) is 0 Å². The van der Waals surface area contributed by atoms with Gasteiger partial charge in [0.2, 0.25) is 0 Å². The number of hydrogen-bond acceptors (Lipinski definition) is 1. The van der Waals surface area contributed by atoms with Crippen LogP contribution in [0.2, 0.25) is 0 Å². The van der Waals surface area contributed by atoms with E-state index in [9.17, 15) is 4.79 Å². The molecule has 0 amide bonds. The Morgan fingerprint density at radius 1 is 0.864 bits per heavy atom. The summed E-state index contributed by atoms with van der Waals surface area (Å²) < 4.78 is 0. The summed E-state index contributed by atoms with van der Waals surface area (Å²) in [7, 11) is 0. The topological polar surface area (TPSA) is 17.1 Å². The van der Waals surface area contributed by atoms with Gasteiger partial charge in [0.05, 0.1) is 0 Å². The molecule has 0 radical (unpaired) electrons. The maximum Gasteiger partial charge on any atom is 0.138 e. The largest absolute Gasteiger partial charge is 0.299 e. The van der Waals surface area contributed by atoms with E-state index in [1.165, 1.54) is 51.4 Å². The second-order valence-electron chi connectivity index (χ2n) is 10.2. The van der Waals surface area contributed by atoms with E-state index in [0.717, 1.165) is 24.2 Å². The lowest BCUT2D eigenvalue weighted by atomic mass is 9.41. The highest BCUT2D eigenvalue weighted by atomic mass is 16.1. The molecule has 4 aliphatic rings. The van der Waals surface area contributed by atoms with Gasteiger partial charge in [0.1, 0.15) is 5.78 Å². The highest BCUT2D eigenvalue weighted by Crippen LogP contribution is 2.68. The molecule has 4 aliphatic carbocycles. The lowest BCUT2D eigenvalue weighted by Gasteiger charge is -2.62. The molecule has 1 unspecified atom stereocenters. The molecule has 1 heteroatoms. The van der Waals surface area contributed by atoms with Crippen molar-refractivity contribution in [1.29, 1.82) is 0 Å². The van der Waals surface area contributed by atoms with Gasteiger partial charge in [-0.15, -0.1) is 0 Å². The van der Waals surface area contributed by atoms with Crippen LogP contribution in [0.5, 0.6) is 0 Å². The number of ketones is 1. The van der Waals surface area contributed by atoms with Crippen LogP contribution < -0.4 is 0 Å². The average molecular weight is 303 g/mol. The third kappa shape index (κ3) is 1.80. The summed E-state index contributed by atoms with van der Waals surface area (Å²) in [5.74, 6) is 4.02. The first kappa shape index (κ1) is 15.2. The molecule has 1 nitrogen and oxygen atoms in total. The number of Topliss-reactive ketones (excluding diaryl/α,β-unsaturated/α-hetero) is 1. The molecule has 6 atom stereocenters. The van der Waals surface area contributed by atoms with Gasteiger partial charge in [-0.1, -0.05) is 34.1 Å². The summed E-state index contributed by atoms with van der Waals surface area (Å²) in [6.07, 6.45) is 12.0. The van der Waals surface area contributed by atoms with E-state index in [-0.39, 0.29) is 5.41 Å². The Balaban J connectivity index is 1.68. The second kappa shape index (κ2) is 4.61. The number of hydrogen-bond donors (Lipinski definition) is 0. The zero-order valence-electron chi connectivity index (χ0n) is 15.1. The summed E-state index contributed by atoms with van der Waals surface area (Å²) in [6.45, 7) is 9.66. The number of rotatable bonds is 0. The van der Waals surface area contributed by atoms with Crippen molar-refractivity contribution in [2.45, 2.75) is 85.5 Å². The molecule has 0 saturated heterocycles. The molecule has 0 bridgehead atoms. The van der Waals surface area contributed by atoms with Crippen LogP contribution in [0, 0.1) is 39.9 Å². The van der Waals surface area contributed by atoms with Crippen LogP contribution in [0.25, 0.3) is 0 Å². The molecular formula is C21H34O. The lowest BCUT2D eigenvalue weighted by molar-refractivity contribution is -0.162. The molecule has 4 rings (SSSR count). The van der Waals surface area contributed by atoms with Crippen molar-refractivity contribution in [3.8, 4) is 0 Å². The molecule has 0 aromatic heterocycles. The van der Waals surface area contributed by atoms with Gasteiger partial charge in [0.25, 0.3) is 0 Å². The molecule has 0 aliphatic heterocycles. The minimum Gasteiger partial charge on any atom is -0.299 e. The van der Waals surface area contributed by atoms with Gasteiger partial charge in [0.15, 0.2) is 0 Å². The minimum atomic E-state index is -0.0750. The SMILES string of the molecule is CC1(C)C(=O)CC[C@@]2(C)C1CC[C@H]1[C@@H]3CCC[C@@]3(C)CC[C@@H]12. The summed E-state index contributed by atoms with van der Waals surface area (Å²) in [5, 5.41) is 0. The molecule has 0 aromatic rings. The predicted molar refractivity (Wildman–Crippen MR) is 90.5 cm³/mol. The lowest BCUT2D eigenvalue weighted by Crippen LogP contribution is -2.57. The van der Waals surface area contributed by atoms with Gasteiger partial charge in [-0.3, -0.25) is 4.79 Å². The average Bonchev–Trinajstić information content (AvgIpc) is 2.85. The van der Waals surface area contributed by atoms with Crippen LogP contribution >= 0.6 is 0 Å². The van der Waals surface area contributed by atoms with E-state index >= 15 is 0 Å². The van der Waals surface area contributed by atoms with E-state index in [1.807, 2.05) is 0 Å². The maximum absolute atomic E-state index is 12.5. The first-order valence-corrected chi connectivity index (χ1v) is 9.82. The van der Waals surface area contributed by atoms with Crippen LogP contribution in [-0.4, -0.2) is 5.78 Å². The van der Waals surface area contributed by atoms with Crippen molar-refractivity contribution < 1.29 is 4.79 Å². The molecular weight excluding hydrogens is 268 g/mol. The van der Waals surface area contributed by atoms with Crippen molar-refractivity contribution in [2.75, 3.05) is 0 Å². The Morgan fingerprint density at radius 3 is 2.41 bits per heavy atom. The van der Waals surface area contributed by atoms with Crippen LogP contribution in [0.15, 0.2) is 0 Å². The molecule has 4 fully saturated rings. The zero-order chi connectivity index (χ0) is 15.8. The monoisotopic (exact) mass is 302 g/mol. The number of fused-ring (bicyclic) bond motifs is 5. The molecule has 4 saturated carbocycles. The minimum absolute atomic E-state index is 0.0750. The molecule has 0 spiro atoms. The van der Waals surface area contributed by atoms with Gasteiger partial charge < -0.3 is 0 Å². The van der Waals surface area contributed by atoms with Crippen LogP contribution in [-0.2, 0) is 4.79 Å². The first-order valence-electron chi connectivity index (χ1n) is 9.82.